The van der Waals surface area contributed by atoms with Crippen molar-refractivity contribution in [1.29, 1.82) is 0 Å². The van der Waals surface area contributed by atoms with Crippen molar-refractivity contribution in [3.63, 3.8) is 0 Å². The third-order valence-corrected chi connectivity index (χ3v) is 5.24. The van der Waals surface area contributed by atoms with Crippen LogP contribution in [0.4, 0.5) is 13.2 Å². The number of nitrogens with zero attached hydrogens (tertiary/aromatic N) is 1. The van der Waals surface area contributed by atoms with E-state index in [1.807, 2.05) is 0 Å². The summed E-state index contributed by atoms with van der Waals surface area (Å²) in [6.07, 6.45) is 2.05. The Morgan fingerprint density at radius 3 is 2.53 bits per heavy atom. The molecule has 1 atom stereocenters. The van der Waals surface area contributed by atoms with Crippen molar-refractivity contribution < 1.29 is 13.2 Å². The van der Waals surface area contributed by atoms with Crippen LogP contribution in [-0.2, 0) is 6.18 Å². The van der Waals surface area contributed by atoms with Crippen LogP contribution < -0.4 is 11.3 Å². The summed E-state index contributed by atoms with van der Waals surface area (Å²) in [6, 6.07) is -0.242. The first-order chi connectivity index (χ1) is 8.93. The monoisotopic (exact) mass is 293 g/mol. The molecule has 3 nitrogen and oxygen atoms in total. The zero-order chi connectivity index (χ0) is 14.1. The number of alkyl halides is 3. The van der Waals surface area contributed by atoms with Crippen molar-refractivity contribution in [2.45, 2.75) is 51.2 Å². The van der Waals surface area contributed by atoms with Gasteiger partial charge in [0.15, 0.2) is 5.01 Å². The molecule has 0 saturated heterocycles. The molecule has 0 radical (unpaired) electrons. The number of thiazole rings is 1. The number of hydrogen-bond acceptors (Lipinski definition) is 4. The molecule has 0 spiro atoms. The molecular formula is C12H18F3N3S. The smallest absolute Gasteiger partial charge is 0.271 e. The molecule has 0 bridgehead atoms. The SMILES string of the molecule is CCC1(C(NN)c2cnc(C(F)(F)F)s2)CCCC1. The second-order valence-corrected chi connectivity index (χ2v) is 6.15. The highest BCUT2D eigenvalue weighted by Crippen LogP contribution is 2.51. The second kappa shape index (κ2) is 5.38. The van der Waals surface area contributed by atoms with E-state index in [0.717, 1.165) is 32.1 Å². The lowest BCUT2D eigenvalue weighted by Gasteiger charge is -2.35. The second-order valence-electron chi connectivity index (χ2n) is 5.09. The fourth-order valence-corrected chi connectivity index (χ4v) is 4.02. The third-order valence-electron chi connectivity index (χ3n) is 4.13. The van der Waals surface area contributed by atoms with Gasteiger partial charge in [-0.1, -0.05) is 19.8 Å². The van der Waals surface area contributed by atoms with Crippen LogP contribution in [-0.4, -0.2) is 4.98 Å². The molecule has 1 aliphatic carbocycles. The molecule has 1 heterocycles. The van der Waals surface area contributed by atoms with E-state index in [4.69, 9.17) is 5.84 Å². The minimum atomic E-state index is -4.38. The maximum atomic E-state index is 12.6. The molecule has 1 fully saturated rings. The molecule has 1 aliphatic rings. The number of aromatic nitrogens is 1. The van der Waals surface area contributed by atoms with Crippen molar-refractivity contribution in [2.24, 2.45) is 11.3 Å². The highest BCUT2D eigenvalue weighted by Gasteiger charge is 2.42. The number of rotatable bonds is 4. The van der Waals surface area contributed by atoms with Gasteiger partial charge in [-0.15, -0.1) is 11.3 Å². The van der Waals surface area contributed by atoms with Crippen molar-refractivity contribution in [3.05, 3.63) is 16.1 Å². The Balaban J connectivity index is 2.29. The van der Waals surface area contributed by atoms with Crippen LogP contribution in [0.2, 0.25) is 0 Å². The number of hydrazine groups is 1. The molecule has 19 heavy (non-hydrogen) atoms. The third kappa shape index (κ3) is 2.78. The molecule has 1 aromatic heterocycles. The number of hydrogen-bond donors (Lipinski definition) is 2. The Hall–Kier alpha value is -0.660. The van der Waals surface area contributed by atoms with Crippen LogP contribution >= 0.6 is 11.3 Å². The number of halogens is 3. The van der Waals surface area contributed by atoms with E-state index in [9.17, 15) is 13.2 Å². The highest BCUT2D eigenvalue weighted by molar-refractivity contribution is 7.11. The summed E-state index contributed by atoms with van der Waals surface area (Å²) < 4.78 is 37.9. The van der Waals surface area contributed by atoms with Crippen molar-refractivity contribution in [3.8, 4) is 0 Å². The molecule has 0 aliphatic heterocycles. The Bertz CT molecular complexity index is 424. The molecular weight excluding hydrogens is 275 g/mol. The van der Waals surface area contributed by atoms with Gasteiger partial charge >= 0.3 is 6.18 Å². The van der Waals surface area contributed by atoms with E-state index in [2.05, 4.69) is 17.3 Å². The van der Waals surface area contributed by atoms with Crippen molar-refractivity contribution in [1.82, 2.24) is 10.4 Å². The first-order valence-corrected chi connectivity index (χ1v) is 7.23. The molecule has 1 saturated carbocycles. The number of nitrogens with one attached hydrogen (secondary N) is 1. The molecule has 108 valence electrons. The molecule has 0 amide bonds. The predicted octanol–water partition coefficient (Wildman–Crippen LogP) is 3.64. The lowest BCUT2D eigenvalue weighted by molar-refractivity contribution is -0.137. The average molecular weight is 293 g/mol. The van der Waals surface area contributed by atoms with E-state index in [1.54, 1.807) is 0 Å². The van der Waals surface area contributed by atoms with Gasteiger partial charge in [-0.05, 0) is 24.7 Å². The van der Waals surface area contributed by atoms with Crippen LogP contribution in [0.15, 0.2) is 6.20 Å². The van der Waals surface area contributed by atoms with Crippen LogP contribution in [0.3, 0.4) is 0 Å². The number of nitrogens with two attached hydrogens (primary N) is 1. The van der Waals surface area contributed by atoms with Gasteiger partial charge in [0.05, 0.1) is 6.04 Å². The quantitative estimate of drug-likeness (QED) is 0.658. The van der Waals surface area contributed by atoms with Crippen LogP contribution in [0.5, 0.6) is 0 Å². The normalized spacial score (nSPS) is 20.7. The largest absolute Gasteiger partial charge is 0.443 e. The Labute approximate surface area is 114 Å². The molecule has 1 unspecified atom stereocenters. The van der Waals surface area contributed by atoms with Gasteiger partial charge < -0.3 is 0 Å². The Morgan fingerprint density at radius 1 is 1.47 bits per heavy atom. The van der Waals surface area contributed by atoms with E-state index < -0.39 is 11.2 Å². The van der Waals surface area contributed by atoms with Gasteiger partial charge in [0.25, 0.3) is 0 Å². The molecule has 2 rings (SSSR count). The Morgan fingerprint density at radius 2 is 2.11 bits per heavy atom. The van der Waals surface area contributed by atoms with Crippen LogP contribution in [0, 0.1) is 5.41 Å². The van der Waals surface area contributed by atoms with Gasteiger partial charge in [-0.3, -0.25) is 11.3 Å². The maximum absolute atomic E-state index is 12.6. The molecule has 3 N–H and O–H groups in total. The zero-order valence-electron chi connectivity index (χ0n) is 10.8. The summed E-state index contributed by atoms with van der Waals surface area (Å²) in [5.41, 5.74) is 2.68. The zero-order valence-corrected chi connectivity index (χ0v) is 11.6. The molecule has 0 aromatic carbocycles. The minimum Gasteiger partial charge on any atom is -0.271 e. The standard InChI is InChI=1S/C12H18F3N3S/c1-2-11(5-3-4-6-11)9(18-16)8-7-17-10(19-8)12(13,14)15/h7,9,18H,2-6,16H2,1H3. The van der Waals surface area contributed by atoms with Crippen LogP contribution in [0.25, 0.3) is 0 Å². The minimum absolute atomic E-state index is 0.0375. The van der Waals surface area contributed by atoms with E-state index in [1.165, 1.54) is 6.20 Å². The van der Waals surface area contributed by atoms with E-state index in [-0.39, 0.29) is 11.5 Å². The van der Waals surface area contributed by atoms with Crippen LogP contribution in [0.1, 0.15) is 55.0 Å². The van der Waals surface area contributed by atoms with E-state index >= 15 is 0 Å². The topological polar surface area (TPSA) is 50.9 Å². The summed E-state index contributed by atoms with van der Waals surface area (Å²) in [5.74, 6) is 5.61. The summed E-state index contributed by atoms with van der Waals surface area (Å²) in [7, 11) is 0. The lowest BCUT2D eigenvalue weighted by atomic mass is 9.76. The average Bonchev–Trinajstić information content (AvgIpc) is 2.98. The molecule has 1 aromatic rings. The Kier molecular flexibility index (Phi) is 4.17. The summed E-state index contributed by atoms with van der Waals surface area (Å²) in [5, 5.41) is -0.799. The summed E-state index contributed by atoms with van der Waals surface area (Å²) in [4.78, 5) is 4.07. The molecule has 7 heteroatoms. The summed E-state index contributed by atoms with van der Waals surface area (Å²) >= 11 is 0.695. The lowest BCUT2D eigenvalue weighted by Crippen LogP contribution is -2.39. The van der Waals surface area contributed by atoms with Gasteiger partial charge in [0.2, 0.25) is 0 Å². The maximum Gasteiger partial charge on any atom is 0.443 e. The highest BCUT2D eigenvalue weighted by atomic mass is 32.1. The van der Waals surface area contributed by atoms with Gasteiger partial charge in [0.1, 0.15) is 0 Å². The van der Waals surface area contributed by atoms with Crippen molar-refractivity contribution in [2.75, 3.05) is 0 Å². The van der Waals surface area contributed by atoms with Gasteiger partial charge in [-0.25, -0.2) is 4.98 Å². The van der Waals surface area contributed by atoms with Gasteiger partial charge in [-0.2, -0.15) is 13.2 Å². The first kappa shape index (κ1) is 14.7. The first-order valence-electron chi connectivity index (χ1n) is 6.42. The van der Waals surface area contributed by atoms with E-state index in [0.29, 0.717) is 16.2 Å². The fraction of sp³-hybridized carbons (Fsp3) is 0.750. The van der Waals surface area contributed by atoms with Crippen molar-refractivity contribution >= 4 is 11.3 Å². The fourth-order valence-electron chi connectivity index (χ4n) is 3.04. The predicted molar refractivity (Wildman–Crippen MR) is 68.4 cm³/mol. The summed E-state index contributed by atoms with van der Waals surface area (Å²) in [6.45, 7) is 2.07. The van der Waals surface area contributed by atoms with Gasteiger partial charge in [0, 0.05) is 11.1 Å².